The molecule has 4 heteroatoms. The molecule has 3 N–H and O–H groups in total. The van der Waals surface area contributed by atoms with Crippen LogP contribution in [0.15, 0.2) is 36.4 Å². The number of para-hydroxylation sites is 1. The van der Waals surface area contributed by atoms with Crippen molar-refractivity contribution >= 4 is 11.5 Å². The van der Waals surface area contributed by atoms with Crippen LogP contribution in [0.1, 0.15) is 29.2 Å². The summed E-state index contributed by atoms with van der Waals surface area (Å²) in [6, 6.07) is 13.9. The van der Waals surface area contributed by atoms with Crippen LogP contribution in [0.2, 0.25) is 0 Å². The molecule has 1 aliphatic heterocycles. The Morgan fingerprint density at radius 3 is 2.89 bits per heavy atom. The van der Waals surface area contributed by atoms with Crippen LogP contribution in [0, 0.1) is 11.3 Å². The number of hydrogen-bond acceptors (Lipinski definition) is 4. The van der Waals surface area contributed by atoms with E-state index in [1.165, 1.54) is 5.56 Å². The fourth-order valence-corrected chi connectivity index (χ4v) is 2.56. The fraction of sp³-hybridized carbons (Fsp3) is 0.200. The van der Waals surface area contributed by atoms with E-state index >= 15 is 0 Å². The quantitative estimate of drug-likeness (QED) is 0.815. The number of aromatic nitrogens is 1. The molecule has 1 unspecified atom stereocenters. The molecule has 2 aromatic rings. The number of hydrogen-bond donors (Lipinski definition) is 2. The standard InChI is InChI=1S/C15H14N4/c16-9-10-5-6-14(19-15(10)17)12-7-8-18-13-4-2-1-3-11(12)13/h1-6,12,18H,7-8H2,(H2,17,19). The molecule has 0 fully saturated rings. The first-order chi connectivity index (χ1) is 9.29. The molecule has 1 aliphatic rings. The van der Waals surface area contributed by atoms with Crippen LogP contribution < -0.4 is 11.1 Å². The molecule has 1 aromatic carbocycles. The number of nitrogens with zero attached hydrogens (tertiary/aromatic N) is 2. The number of nitrogens with one attached hydrogen (secondary N) is 1. The van der Waals surface area contributed by atoms with Gasteiger partial charge in [-0.1, -0.05) is 18.2 Å². The molecule has 4 nitrogen and oxygen atoms in total. The largest absolute Gasteiger partial charge is 0.385 e. The smallest absolute Gasteiger partial charge is 0.141 e. The highest BCUT2D eigenvalue weighted by atomic mass is 14.9. The van der Waals surface area contributed by atoms with Crippen molar-refractivity contribution in [2.75, 3.05) is 17.6 Å². The van der Waals surface area contributed by atoms with Crippen molar-refractivity contribution in [2.24, 2.45) is 0 Å². The number of rotatable bonds is 1. The van der Waals surface area contributed by atoms with Crippen molar-refractivity contribution in [2.45, 2.75) is 12.3 Å². The van der Waals surface area contributed by atoms with Gasteiger partial charge in [0.2, 0.25) is 0 Å². The second kappa shape index (κ2) is 4.62. The Morgan fingerprint density at radius 2 is 2.11 bits per heavy atom. The van der Waals surface area contributed by atoms with Gasteiger partial charge in [0.05, 0.1) is 11.3 Å². The maximum absolute atomic E-state index is 8.90. The summed E-state index contributed by atoms with van der Waals surface area (Å²) in [5.74, 6) is 0.559. The monoisotopic (exact) mass is 250 g/mol. The van der Waals surface area contributed by atoms with Gasteiger partial charge in [0.15, 0.2) is 0 Å². The van der Waals surface area contributed by atoms with Crippen molar-refractivity contribution in [3.05, 3.63) is 53.2 Å². The van der Waals surface area contributed by atoms with Crippen LogP contribution in [-0.4, -0.2) is 11.5 Å². The average Bonchev–Trinajstić information content (AvgIpc) is 2.46. The van der Waals surface area contributed by atoms with Crippen molar-refractivity contribution < 1.29 is 0 Å². The molecule has 0 amide bonds. The maximum atomic E-state index is 8.90. The van der Waals surface area contributed by atoms with Crippen molar-refractivity contribution in [1.82, 2.24) is 4.98 Å². The SMILES string of the molecule is N#Cc1ccc(C2CCNc3ccccc32)nc1N. The lowest BCUT2D eigenvalue weighted by molar-refractivity contribution is 0.700. The van der Waals surface area contributed by atoms with Gasteiger partial charge < -0.3 is 11.1 Å². The summed E-state index contributed by atoms with van der Waals surface area (Å²) in [5.41, 5.74) is 9.58. The van der Waals surface area contributed by atoms with Crippen LogP contribution in [-0.2, 0) is 0 Å². The molecular weight excluding hydrogens is 236 g/mol. The van der Waals surface area contributed by atoms with Gasteiger partial charge in [-0.05, 0) is 30.2 Å². The van der Waals surface area contributed by atoms with Gasteiger partial charge in [-0.3, -0.25) is 0 Å². The Bertz CT molecular complexity index is 657. The number of pyridine rings is 1. The first kappa shape index (κ1) is 11.5. The molecule has 0 aliphatic carbocycles. The lowest BCUT2D eigenvalue weighted by atomic mass is 9.88. The fourth-order valence-electron chi connectivity index (χ4n) is 2.56. The molecule has 1 aromatic heterocycles. The second-order valence-corrected chi connectivity index (χ2v) is 4.64. The van der Waals surface area contributed by atoms with E-state index in [4.69, 9.17) is 11.0 Å². The molecule has 0 saturated heterocycles. The highest BCUT2D eigenvalue weighted by Crippen LogP contribution is 2.35. The van der Waals surface area contributed by atoms with Crippen LogP contribution >= 0.6 is 0 Å². The molecule has 1 atom stereocenters. The van der Waals surface area contributed by atoms with Gasteiger partial charge >= 0.3 is 0 Å². The number of fused-ring (bicyclic) bond motifs is 1. The van der Waals surface area contributed by atoms with E-state index in [0.29, 0.717) is 11.4 Å². The van der Waals surface area contributed by atoms with E-state index in [0.717, 1.165) is 24.3 Å². The first-order valence-electron chi connectivity index (χ1n) is 6.29. The predicted octanol–water partition coefficient (Wildman–Crippen LogP) is 2.48. The Hall–Kier alpha value is -2.54. The highest BCUT2D eigenvalue weighted by Gasteiger charge is 2.22. The van der Waals surface area contributed by atoms with Crippen molar-refractivity contribution in [1.29, 1.82) is 5.26 Å². The summed E-state index contributed by atoms with van der Waals surface area (Å²) in [4.78, 5) is 4.39. The van der Waals surface area contributed by atoms with Gasteiger partial charge in [-0.25, -0.2) is 4.98 Å². The number of nitrogens with two attached hydrogens (primary N) is 1. The Kier molecular flexibility index (Phi) is 2.81. The zero-order valence-electron chi connectivity index (χ0n) is 10.4. The lowest BCUT2D eigenvalue weighted by Gasteiger charge is -2.26. The minimum Gasteiger partial charge on any atom is -0.385 e. The number of benzene rings is 1. The predicted molar refractivity (Wildman–Crippen MR) is 74.8 cm³/mol. The minimum atomic E-state index is 0.243. The van der Waals surface area contributed by atoms with Crippen LogP contribution in [0.3, 0.4) is 0 Å². The Morgan fingerprint density at radius 1 is 1.26 bits per heavy atom. The number of anilines is 2. The normalized spacial score (nSPS) is 17.1. The van der Waals surface area contributed by atoms with Gasteiger partial charge in [0, 0.05) is 18.2 Å². The molecular formula is C15H14N4. The molecule has 0 radical (unpaired) electrons. The van der Waals surface area contributed by atoms with E-state index in [1.54, 1.807) is 6.07 Å². The van der Waals surface area contributed by atoms with Gasteiger partial charge in [-0.2, -0.15) is 5.26 Å². The summed E-state index contributed by atoms with van der Waals surface area (Å²) in [6.07, 6.45) is 0.982. The van der Waals surface area contributed by atoms with E-state index < -0.39 is 0 Å². The molecule has 2 heterocycles. The maximum Gasteiger partial charge on any atom is 0.141 e. The number of nitrogen functional groups attached to an aromatic ring is 1. The summed E-state index contributed by atoms with van der Waals surface area (Å²) in [7, 11) is 0. The molecule has 0 saturated carbocycles. The lowest BCUT2D eigenvalue weighted by Crippen LogP contribution is -2.18. The number of nitriles is 1. The third kappa shape index (κ3) is 2.00. The van der Waals surface area contributed by atoms with E-state index in [2.05, 4.69) is 22.4 Å². The van der Waals surface area contributed by atoms with Crippen LogP contribution in [0.25, 0.3) is 0 Å². The average molecular weight is 250 g/mol. The van der Waals surface area contributed by atoms with E-state index in [-0.39, 0.29) is 5.92 Å². The highest BCUT2D eigenvalue weighted by molar-refractivity contribution is 5.58. The second-order valence-electron chi connectivity index (χ2n) is 4.64. The summed E-state index contributed by atoms with van der Waals surface area (Å²) in [6.45, 7) is 0.920. The molecule has 3 rings (SSSR count). The van der Waals surface area contributed by atoms with Gasteiger partial charge in [0.25, 0.3) is 0 Å². The zero-order valence-corrected chi connectivity index (χ0v) is 10.4. The first-order valence-corrected chi connectivity index (χ1v) is 6.29. The molecule has 94 valence electrons. The Balaban J connectivity index is 2.05. The van der Waals surface area contributed by atoms with Crippen LogP contribution in [0.5, 0.6) is 0 Å². The summed E-state index contributed by atoms with van der Waals surface area (Å²) < 4.78 is 0. The van der Waals surface area contributed by atoms with Gasteiger partial charge in [-0.15, -0.1) is 0 Å². The molecule has 0 spiro atoms. The third-order valence-corrected chi connectivity index (χ3v) is 3.51. The van der Waals surface area contributed by atoms with Crippen molar-refractivity contribution in [3.63, 3.8) is 0 Å². The summed E-state index contributed by atoms with van der Waals surface area (Å²) in [5, 5.41) is 12.3. The van der Waals surface area contributed by atoms with Gasteiger partial charge in [0.1, 0.15) is 11.9 Å². The van der Waals surface area contributed by atoms with Crippen LogP contribution in [0.4, 0.5) is 11.5 Å². The molecule has 19 heavy (non-hydrogen) atoms. The zero-order chi connectivity index (χ0) is 13.2. The van der Waals surface area contributed by atoms with E-state index in [1.807, 2.05) is 24.3 Å². The van der Waals surface area contributed by atoms with E-state index in [9.17, 15) is 0 Å². The third-order valence-electron chi connectivity index (χ3n) is 3.51. The minimum absolute atomic E-state index is 0.243. The molecule has 0 bridgehead atoms. The van der Waals surface area contributed by atoms with Crippen molar-refractivity contribution in [3.8, 4) is 6.07 Å². The topological polar surface area (TPSA) is 74.7 Å². The summed E-state index contributed by atoms with van der Waals surface area (Å²) >= 11 is 0. The Labute approximate surface area is 111 Å².